The molecule has 18 heavy (non-hydrogen) atoms. The standard InChI is InChI=1S/C13H16N2O3/c1-9-7-10(5-6-14-9)12-8-11(15(16)17)3-4-13(12)18-2/h3-5,8-9,14H,6-7H2,1-2H3. The second kappa shape index (κ2) is 5.18. The van der Waals surface area contributed by atoms with E-state index >= 15 is 0 Å². The molecular weight excluding hydrogens is 232 g/mol. The molecule has 0 spiro atoms. The van der Waals surface area contributed by atoms with Crippen molar-refractivity contribution in [3.05, 3.63) is 40.0 Å². The van der Waals surface area contributed by atoms with Crippen molar-refractivity contribution in [2.45, 2.75) is 19.4 Å². The van der Waals surface area contributed by atoms with E-state index in [1.165, 1.54) is 6.07 Å². The number of nitrogens with zero attached hydrogens (tertiary/aromatic N) is 1. The first-order valence-electron chi connectivity index (χ1n) is 5.87. The molecule has 1 atom stereocenters. The summed E-state index contributed by atoms with van der Waals surface area (Å²) in [5, 5.41) is 14.1. The highest BCUT2D eigenvalue weighted by Gasteiger charge is 2.18. The van der Waals surface area contributed by atoms with Gasteiger partial charge in [-0.2, -0.15) is 0 Å². The van der Waals surface area contributed by atoms with Crippen LogP contribution in [0.4, 0.5) is 5.69 Å². The summed E-state index contributed by atoms with van der Waals surface area (Å²) < 4.78 is 5.28. The first-order valence-corrected chi connectivity index (χ1v) is 5.87. The van der Waals surface area contributed by atoms with Crippen LogP contribution in [0, 0.1) is 10.1 Å². The van der Waals surface area contributed by atoms with E-state index in [4.69, 9.17) is 4.74 Å². The molecule has 1 unspecified atom stereocenters. The van der Waals surface area contributed by atoms with Gasteiger partial charge in [-0.15, -0.1) is 0 Å². The number of nitro benzene ring substituents is 1. The normalized spacial score (nSPS) is 19.2. The summed E-state index contributed by atoms with van der Waals surface area (Å²) in [4.78, 5) is 10.5. The predicted molar refractivity (Wildman–Crippen MR) is 69.7 cm³/mol. The molecule has 0 bridgehead atoms. The van der Waals surface area contributed by atoms with Gasteiger partial charge < -0.3 is 10.1 Å². The zero-order valence-corrected chi connectivity index (χ0v) is 10.5. The molecule has 1 N–H and O–H groups in total. The van der Waals surface area contributed by atoms with Crippen molar-refractivity contribution < 1.29 is 9.66 Å². The van der Waals surface area contributed by atoms with Gasteiger partial charge in [-0.1, -0.05) is 6.08 Å². The molecule has 1 aliphatic rings. The molecule has 1 aromatic rings. The number of ether oxygens (including phenoxy) is 1. The Morgan fingerprint density at radius 2 is 2.28 bits per heavy atom. The SMILES string of the molecule is COc1ccc([N+](=O)[O-])cc1C1=CCNC(C)C1. The molecule has 1 aromatic carbocycles. The number of hydrogen-bond acceptors (Lipinski definition) is 4. The zero-order valence-electron chi connectivity index (χ0n) is 10.5. The number of hydrogen-bond donors (Lipinski definition) is 1. The molecular formula is C13H16N2O3. The molecule has 0 radical (unpaired) electrons. The van der Waals surface area contributed by atoms with Crippen LogP contribution >= 0.6 is 0 Å². The Morgan fingerprint density at radius 3 is 2.89 bits per heavy atom. The molecule has 0 aromatic heterocycles. The smallest absolute Gasteiger partial charge is 0.270 e. The van der Waals surface area contributed by atoms with Crippen LogP contribution in [0.3, 0.4) is 0 Å². The van der Waals surface area contributed by atoms with Crippen molar-refractivity contribution >= 4 is 11.3 Å². The molecule has 1 aliphatic heterocycles. The van der Waals surface area contributed by atoms with E-state index in [1.807, 2.05) is 0 Å². The maximum atomic E-state index is 10.8. The maximum Gasteiger partial charge on any atom is 0.270 e. The number of rotatable bonds is 3. The van der Waals surface area contributed by atoms with E-state index in [-0.39, 0.29) is 10.6 Å². The molecule has 0 aliphatic carbocycles. The van der Waals surface area contributed by atoms with Gasteiger partial charge >= 0.3 is 0 Å². The third-order valence-electron chi connectivity index (χ3n) is 3.08. The Labute approximate surface area is 106 Å². The minimum absolute atomic E-state index is 0.0953. The van der Waals surface area contributed by atoms with Crippen LogP contribution in [0.25, 0.3) is 5.57 Å². The third kappa shape index (κ3) is 2.51. The van der Waals surface area contributed by atoms with Gasteiger partial charge in [-0.25, -0.2) is 0 Å². The minimum atomic E-state index is -0.381. The van der Waals surface area contributed by atoms with Crippen LogP contribution in [0.15, 0.2) is 24.3 Å². The highest BCUT2D eigenvalue weighted by molar-refractivity contribution is 5.73. The Balaban J connectivity index is 2.43. The monoisotopic (exact) mass is 248 g/mol. The van der Waals surface area contributed by atoms with Gasteiger partial charge in [0.05, 0.1) is 12.0 Å². The van der Waals surface area contributed by atoms with Crippen LogP contribution < -0.4 is 10.1 Å². The summed E-state index contributed by atoms with van der Waals surface area (Å²) in [7, 11) is 1.58. The van der Waals surface area contributed by atoms with Gasteiger partial charge in [0, 0.05) is 30.3 Å². The van der Waals surface area contributed by atoms with Crippen molar-refractivity contribution in [3.63, 3.8) is 0 Å². The van der Waals surface area contributed by atoms with Crippen molar-refractivity contribution in [1.29, 1.82) is 0 Å². The van der Waals surface area contributed by atoms with Crippen molar-refractivity contribution in [3.8, 4) is 5.75 Å². The first kappa shape index (κ1) is 12.6. The number of non-ortho nitro benzene ring substituents is 1. The summed E-state index contributed by atoms with van der Waals surface area (Å²) >= 11 is 0. The average molecular weight is 248 g/mol. The average Bonchev–Trinajstić information content (AvgIpc) is 2.38. The lowest BCUT2D eigenvalue weighted by atomic mass is 9.95. The Morgan fingerprint density at radius 1 is 1.50 bits per heavy atom. The van der Waals surface area contributed by atoms with Crippen LogP contribution in [-0.2, 0) is 0 Å². The number of benzene rings is 1. The lowest BCUT2D eigenvalue weighted by Crippen LogP contribution is -2.29. The number of methoxy groups -OCH3 is 1. The highest BCUT2D eigenvalue weighted by Crippen LogP contribution is 2.33. The van der Waals surface area contributed by atoms with Gasteiger partial charge in [0.25, 0.3) is 5.69 Å². The molecule has 0 fully saturated rings. The summed E-state index contributed by atoms with van der Waals surface area (Å²) in [5.74, 6) is 0.681. The fourth-order valence-corrected chi connectivity index (χ4v) is 2.15. The molecule has 96 valence electrons. The molecule has 0 amide bonds. The zero-order chi connectivity index (χ0) is 13.1. The van der Waals surface area contributed by atoms with Crippen molar-refractivity contribution in [1.82, 2.24) is 5.32 Å². The van der Waals surface area contributed by atoms with E-state index in [0.717, 1.165) is 24.1 Å². The maximum absolute atomic E-state index is 10.8. The molecule has 0 saturated heterocycles. The fraction of sp³-hybridized carbons (Fsp3) is 0.385. The molecule has 1 heterocycles. The third-order valence-corrected chi connectivity index (χ3v) is 3.08. The second-order valence-electron chi connectivity index (χ2n) is 4.38. The van der Waals surface area contributed by atoms with E-state index < -0.39 is 0 Å². The second-order valence-corrected chi connectivity index (χ2v) is 4.38. The molecule has 5 nitrogen and oxygen atoms in total. The predicted octanol–water partition coefficient (Wildman–Crippen LogP) is 2.37. The first-order chi connectivity index (χ1) is 8.61. The highest BCUT2D eigenvalue weighted by atomic mass is 16.6. The van der Waals surface area contributed by atoms with Gasteiger partial charge in [0.1, 0.15) is 5.75 Å². The fourth-order valence-electron chi connectivity index (χ4n) is 2.15. The number of nitrogens with one attached hydrogen (secondary N) is 1. The van der Waals surface area contributed by atoms with Crippen molar-refractivity contribution in [2.24, 2.45) is 0 Å². The van der Waals surface area contributed by atoms with E-state index in [1.54, 1.807) is 19.2 Å². The van der Waals surface area contributed by atoms with Crippen LogP contribution in [0.5, 0.6) is 5.75 Å². The van der Waals surface area contributed by atoms with Gasteiger partial charge in [-0.3, -0.25) is 10.1 Å². The van der Waals surface area contributed by atoms with E-state index in [0.29, 0.717) is 11.8 Å². The summed E-state index contributed by atoms with van der Waals surface area (Å²) in [6.07, 6.45) is 2.90. The summed E-state index contributed by atoms with van der Waals surface area (Å²) in [6.45, 7) is 2.87. The van der Waals surface area contributed by atoms with Crippen LogP contribution in [0.2, 0.25) is 0 Å². The van der Waals surface area contributed by atoms with Gasteiger partial charge in [0.2, 0.25) is 0 Å². The van der Waals surface area contributed by atoms with Crippen molar-refractivity contribution in [2.75, 3.05) is 13.7 Å². The number of nitro groups is 1. The lowest BCUT2D eigenvalue weighted by Gasteiger charge is -2.22. The Hall–Kier alpha value is -1.88. The summed E-state index contributed by atoms with van der Waals surface area (Å²) in [6, 6.07) is 5.07. The van der Waals surface area contributed by atoms with Crippen LogP contribution in [0.1, 0.15) is 18.9 Å². The van der Waals surface area contributed by atoms with E-state index in [9.17, 15) is 10.1 Å². The van der Waals surface area contributed by atoms with E-state index in [2.05, 4.69) is 18.3 Å². The van der Waals surface area contributed by atoms with Gasteiger partial charge in [0.15, 0.2) is 0 Å². The quantitative estimate of drug-likeness (QED) is 0.658. The lowest BCUT2D eigenvalue weighted by molar-refractivity contribution is -0.384. The largest absolute Gasteiger partial charge is 0.496 e. The molecule has 5 heteroatoms. The van der Waals surface area contributed by atoms with Crippen LogP contribution in [-0.4, -0.2) is 24.6 Å². The minimum Gasteiger partial charge on any atom is -0.496 e. The topological polar surface area (TPSA) is 64.4 Å². The molecule has 2 rings (SSSR count). The van der Waals surface area contributed by atoms with Gasteiger partial charge in [-0.05, 0) is 25.0 Å². The Kier molecular flexibility index (Phi) is 3.62. The Bertz CT molecular complexity index is 497. The molecule has 0 saturated carbocycles. The summed E-state index contributed by atoms with van der Waals surface area (Å²) in [5.41, 5.74) is 2.01.